The molecule has 3 aromatic carbocycles. The third-order valence-electron chi connectivity index (χ3n) is 8.08. The number of aromatic nitrogens is 1. The van der Waals surface area contributed by atoms with Gasteiger partial charge in [-0.25, -0.2) is 9.78 Å². The smallest absolute Gasteiger partial charge is 0.490 e. The zero-order valence-corrected chi connectivity index (χ0v) is 26.4. The molecule has 0 fully saturated rings. The van der Waals surface area contributed by atoms with Crippen molar-refractivity contribution in [1.82, 2.24) is 9.88 Å². The molecule has 1 aliphatic rings. The molecule has 5 rings (SSSR count). The fourth-order valence-corrected chi connectivity index (χ4v) is 5.69. The number of nitrogens with zero attached hydrogens (tertiary/aromatic N) is 3. The van der Waals surface area contributed by atoms with Gasteiger partial charge in [-0.05, 0) is 60.2 Å². The molecule has 0 saturated heterocycles. The van der Waals surface area contributed by atoms with Crippen LogP contribution in [0, 0.1) is 0 Å². The predicted octanol–water partition coefficient (Wildman–Crippen LogP) is 5.99. The average Bonchev–Trinajstić information content (AvgIpc) is 3.17. The number of carbonyl (C=O) groups excluding carboxylic acids is 4. The van der Waals surface area contributed by atoms with Gasteiger partial charge in [0.25, 0.3) is 11.8 Å². The predicted molar refractivity (Wildman–Crippen MR) is 173 cm³/mol. The van der Waals surface area contributed by atoms with E-state index in [1.54, 1.807) is 91.1 Å². The van der Waals surface area contributed by atoms with E-state index < -0.39 is 48.4 Å². The summed E-state index contributed by atoms with van der Waals surface area (Å²) in [4.78, 5) is 60.0. The number of hydrogen-bond donors (Lipinski definition) is 1. The van der Waals surface area contributed by atoms with Gasteiger partial charge in [-0.2, -0.15) is 13.2 Å². The molecular weight excluding hydrogens is 641 g/mol. The monoisotopic (exact) mass is 674 g/mol. The minimum absolute atomic E-state index is 0.159. The molecule has 0 radical (unpaired) electrons. The molecule has 2 amide bonds. The van der Waals surface area contributed by atoms with E-state index in [1.807, 2.05) is 6.07 Å². The number of nitrogen functional groups attached to an aromatic ring is 1. The van der Waals surface area contributed by atoms with Crippen molar-refractivity contribution in [2.75, 3.05) is 24.3 Å². The molecule has 254 valence electrons. The lowest BCUT2D eigenvalue weighted by Crippen LogP contribution is -2.44. The van der Waals surface area contributed by atoms with Gasteiger partial charge in [0.1, 0.15) is 6.04 Å². The second-order valence-corrected chi connectivity index (χ2v) is 11.4. The van der Waals surface area contributed by atoms with Crippen LogP contribution in [-0.4, -0.2) is 53.5 Å². The molecule has 4 aromatic rings. The number of halogens is 3. The van der Waals surface area contributed by atoms with E-state index in [0.717, 1.165) is 5.56 Å². The van der Waals surface area contributed by atoms with E-state index >= 15 is 0 Å². The van der Waals surface area contributed by atoms with Crippen molar-refractivity contribution < 1.29 is 41.8 Å². The fraction of sp³-hybridized carbons (Fsp3) is 0.250. The van der Waals surface area contributed by atoms with Gasteiger partial charge in [0.2, 0.25) is 0 Å². The zero-order chi connectivity index (χ0) is 35.1. The number of pyridine rings is 1. The number of likely N-dealkylation sites (N-methyl/N-ethyl adjacent to an activating group) is 1. The van der Waals surface area contributed by atoms with Crippen LogP contribution in [0.15, 0.2) is 97.2 Å². The number of fused-ring (bicyclic) bond motifs is 1. The van der Waals surface area contributed by atoms with E-state index in [-0.39, 0.29) is 11.4 Å². The summed E-state index contributed by atoms with van der Waals surface area (Å²) in [6.45, 7) is 0.384. The molecule has 0 aliphatic carbocycles. The van der Waals surface area contributed by atoms with Crippen molar-refractivity contribution >= 4 is 35.3 Å². The van der Waals surface area contributed by atoms with Crippen molar-refractivity contribution in [3.8, 4) is 5.75 Å². The number of anilines is 2. The standard InChI is InChI=1S/C36H33F3N4O6/c1-42-27-18-17-23(11-8-9-20-48-29-16-10-19-41-32(29)40)21-26(27)33(45)43(31(34(42)46)25-14-6-3-7-15-25)28(24-12-4-2-5-13-24)22-30(44)49-35(47)36(37,38)39/h2-7,10,12-19,21,28,31H,8-9,11,20,22H2,1H3,(H2,40,41). The van der Waals surface area contributed by atoms with Crippen LogP contribution in [0.2, 0.25) is 0 Å². The molecular formula is C36H33F3N4O6. The Bertz CT molecular complexity index is 1820. The number of amides is 2. The van der Waals surface area contributed by atoms with Crippen LogP contribution in [0.1, 0.15) is 58.4 Å². The number of esters is 2. The lowest BCUT2D eigenvalue weighted by Gasteiger charge is -2.36. The molecule has 0 bridgehead atoms. The zero-order valence-electron chi connectivity index (χ0n) is 26.4. The molecule has 10 nitrogen and oxygen atoms in total. The largest absolute Gasteiger partial charge is 0.491 e. The normalized spacial score (nSPS) is 15.3. The molecule has 0 spiro atoms. The van der Waals surface area contributed by atoms with Crippen molar-refractivity contribution in [2.45, 2.75) is 43.9 Å². The quantitative estimate of drug-likeness (QED) is 0.117. The highest BCUT2D eigenvalue weighted by Crippen LogP contribution is 2.41. The number of hydrogen-bond acceptors (Lipinski definition) is 8. The molecule has 2 unspecified atom stereocenters. The van der Waals surface area contributed by atoms with Crippen LogP contribution in [0.4, 0.5) is 24.7 Å². The number of carbonyl (C=O) groups is 4. The Hall–Kier alpha value is -5.72. The van der Waals surface area contributed by atoms with Gasteiger partial charge in [0, 0.05) is 13.2 Å². The second-order valence-electron chi connectivity index (χ2n) is 11.4. The number of nitrogens with two attached hydrogens (primary N) is 1. The summed E-state index contributed by atoms with van der Waals surface area (Å²) >= 11 is 0. The van der Waals surface area contributed by atoms with Gasteiger partial charge in [-0.1, -0.05) is 66.7 Å². The summed E-state index contributed by atoms with van der Waals surface area (Å²) in [6, 6.07) is 22.5. The molecule has 2 atom stereocenters. The van der Waals surface area contributed by atoms with Crippen molar-refractivity contribution in [3.05, 3.63) is 119 Å². The van der Waals surface area contributed by atoms with Crippen LogP contribution in [0.3, 0.4) is 0 Å². The van der Waals surface area contributed by atoms with E-state index in [4.69, 9.17) is 10.5 Å². The Morgan fingerprint density at radius 2 is 1.63 bits per heavy atom. The first kappa shape index (κ1) is 34.6. The van der Waals surface area contributed by atoms with Crippen molar-refractivity contribution in [2.24, 2.45) is 0 Å². The summed E-state index contributed by atoms with van der Waals surface area (Å²) in [6.07, 6.45) is -2.78. The van der Waals surface area contributed by atoms with Gasteiger partial charge in [0.05, 0.1) is 30.3 Å². The number of ether oxygens (including phenoxy) is 2. The van der Waals surface area contributed by atoms with E-state index in [9.17, 15) is 32.3 Å². The van der Waals surface area contributed by atoms with E-state index in [2.05, 4.69) is 9.72 Å². The molecule has 1 aromatic heterocycles. The lowest BCUT2D eigenvalue weighted by molar-refractivity contribution is -0.202. The number of rotatable bonds is 11. The summed E-state index contributed by atoms with van der Waals surface area (Å²) < 4.78 is 48.8. The third-order valence-corrected chi connectivity index (χ3v) is 8.08. The highest BCUT2D eigenvalue weighted by Gasteiger charge is 2.46. The Morgan fingerprint density at radius 3 is 2.31 bits per heavy atom. The molecule has 0 saturated carbocycles. The summed E-state index contributed by atoms with van der Waals surface area (Å²) in [5.41, 5.74) is 7.86. The fourth-order valence-electron chi connectivity index (χ4n) is 5.69. The minimum atomic E-state index is -5.41. The summed E-state index contributed by atoms with van der Waals surface area (Å²) in [5, 5.41) is 0. The maximum absolute atomic E-state index is 14.7. The topological polar surface area (TPSA) is 132 Å². The average molecular weight is 675 g/mol. The van der Waals surface area contributed by atoms with Crippen molar-refractivity contribution in [3.63, 3.8) is 0 Å². The number of unbranched alkanes of at least 4 members (excludes halogenated alkanes) is 1. The first-order valence-corrected chi connectivity index (χ1v) is 15.4. The minimum Gasteiger partial charge on any atom is -0.490 e. The van der Waals surface area contributed by atoms with E-state index in [0.29, 0.717) is 48.4 Å². The Labute approximate surface area is 280 Å². The molecule has 2 heterocycles. The Kier molecular flexibility index (Phi) is 10.6. The number of alkyl halides is 3. The van der Waals surface area contributed by atoms with Crippen LogP contribution < -0.4 is 15.4 Å². The summed E-state index contributed by atoms with van der Waals surface area (Å²) in [5.74, 6) is -4.56. The van der Waals surface area contributed by atoms with Gasteiger partial charge in [0.15, 0.2) is 11.6 Å². The van der Waals surface area contributed by atoms with Crippen molar-refractivity contribution in [1.29, 1.82) is 0 Å². The first-order valence-electron chi connectivity index (χ1n) is 15.4. The molecule has 49 heavy (non-hydrogen) atoms. The highest BCUT2D eigenvalue weighted by molar-refractivity contribution is 6.11. The number of benzene rings is 3. The van der Waals surface area contributed by atoms with Gasteiger partial charge >= 0.3 is 18.1 Å². The van der Waals surface area contributed by atoms with E-state index in [1.165, 1.54) is 16.8 Å². The van der Waals surface area contributed by atoms with Gasteiger partial charge < -0.3 is 25.0 Å². The molecule has 1 aliphatic heterocycles. The maximum atomic E-state index is 14.7. The Balaban J connectivity index is 1.49. The Morgan fingerprint density at radius 1 is 0.939 bits per heavy atom. The van der Waals surface area contributed by atoms with Gasteiger partial charge in [-0.15, -0.1) is 0 Å². The van der Waals surface area contributed by atoms with Crippen LogP contribution in [0.25, 0.3) is 0 Å². The summed E-state index contributed by atoms with van der Waals surface area (Å²) in [7, 11) is 1.53. The molecule has 13 heteroatoms. The second kappa shape index (κ2) is 15.0. The highest BCUT2D eigenvalue weighted by atomic mass is 19.4. The first-order chi connectivity index (χ1) is 23.5. The lowest BCUT2D eigenvalue weighted by atomic mass is 9.95. The molecule has 2 N–H and O–H groups in total. The maximum Gasteiger partial charge on any atom is 0.491 e. The SMILES string of the molecule is CN1C(=O)C(c2ccccc2)N(C(CC(=O)OC(=O)C(F)(F)F)c2ccccc2)C(=O)c2cc(CCCCOc3cccnc3N)ccc21. The van der Waals surface area contributed by atoms with Crippen LogP contribution >= 0.6 is 0 Å². The number of aryl methyl sites for hydroxylation is 1. The van der Waals surface area contributed by atoms with Crippen LogP contribution in [-0.2, 0) is 25.5 Å². The third kappa shape index (κ3) is 8.06. The van der Waals surface area contributed by atoms with Gasteiger partial charge in [-0.3, -0.25) is 14.4 Å². The van der Waals surface area contributed by atoms with Crippen LogP contribution in [0.5, 0.6) is 5.75 Å².